The van der Waals surface area contributed by atoms with Crippen LogP contribution < -0.4 is 10.6 Å². The van der Waals surface area contributed by atoms with Crippen molar-refractivity contribution >= 4 is 19.4 Å². The molecule has 1 aliphatic rings. The molecule has 3 rings (SSSR count). The lowest BCUT2D eigenvalue weighted by atomic mass is 9.91. The summed E-state index contributed by atoms with van der Waals surface area (Å²) in [6, 6.07) is 18.0. The average molecular weight is 559 g/mol. The molecular formula is C30H43N2O6P. The summed E-state index contributed by atoms with van der Waals surface area (Å²) in [5.74, 6) is -0.329. The van der Waals surface area contributed by atoms with Gasteiger partial charge < -0.3 is 25.0 Å². The molecule has 8 nitrogen and oxygen atoms in total. The van der Waals surface area contributed by atoms with E-state index in [0.717, 1.165) is 36.8 Å². The molecule has 9 heteroatoms. The second-order valence-corrected chi connectivity index (χ2v) is 13.4. The number of aliphatic hydroxyl groups is 1. The van der Waals surface area contributed by atoms with Crippen LogP contribution in [0.25, 0.3) is 0 Å². The number of ether oxygens (including phenoxy) is 1. The first-order chi connectivity index (χ1) is 18.7. The zero-order chi connectivity index (χ0) is 28.1. The maximum Gasteiger partial charge on any atom is 0.408 e. The highest BCUT2D eigenvalue weighted by Gasteiger charge is 2.32. The SMILES string of the molecule is CC(C)[C@H](NC(=O)OCc1ccccc1)C(=O)NC[C@H](O)CP(=O)(CC1CCCCC1)OCc1ccccc1. The molecule has 0 aliphatic heterocycles. The number of amides is 2. The van der Waals surface area contributed by atoms with E-state index < -0.39 is 31.5 Å². The van der Waals surface area contributed by atoms with Crippen molar-refractivity contribution < 1.29 is 28.5 Å². The molecule has 0 bridgehead atoms. The highest BCUT2D eigenvalue weighted by molar-refractivity contribution is 7.59. The summed E-state index contributed by atoms with van der Waals surface area (Å²) >= 11 is 0. The molecule has 0 radical (unpaired) electrons. The molecule has 0 saturated heterocycles. The van der Waals surface area contributed by atoms with Crippen molar-refractivity contribution in [1.82, 2.24) is 10.6 Å². The molecule has 1 aliphatic carbocycles. The molecule has 39 heavy (non-hydrogen) atoms. The number of benzene rings is 2. The van der Waals surface area contributed by atoms with Gasteiger partial charge in [-0.25, -0.2) is 4.79 Å². The molecule has 3 N–H and O–H groups in total. The van der Waals surface area contributed by atoms with Crippen LogP contribution in [0.5, 0.6) is 0 Å². The second kappa shape index (κ2) is 15.8. The Kier molecular flexibility index (Phi) is 12.5. The van der Waals surface area contributed by atoms with E-state index in [2.05, 4.69) is 10.6 Å². The van der Waals surface area contributed by atoms with Crippen LogP contribution in [-0.2, 0) is 31.8 Å². The van der Waals surface area contributed by atoms with Gasteiger partial charge in [-0.2, -0.15) is 0 Å². The first-order valence-electron chi connectivity index (χ1n) is 13.9. The van der Waals surface area contributed by atoms with Gasteiger partial charge in [0, 0.05) is 12.7 Å². The minimum absolute atomic E-state index is 0.0322. The fourth-order valence-corrected chi connectivity index (χ4v) is 7.52. The quantitative estimate of drug-likeness (QED) is 0.264. The Morgan fingerprint density at radius 3 is 2.13 bits per heavy atom. The van der Waals surface area contributed by atoms with Crippen molar-refractivity contribution in [2.75, 3.05) is 18.9 Å². The lowest BCUT2D eigenvalue weighted by molar-refractivity contribution is -0.124. The first kappa shape index (κ1) is 30.9. The van der Waals surface area contributed by atoms with Crippen LogP contribution in [0.2, 0.25) is 0 Å². The van der Waals surface area contributed by atoms with Gasteiger partial charge in [0.15, 0.2) is 0 Å². The van der Waals surface area contributed by atoms with Gasteiger partial charge in [-0.1, -0.05) is 93.8 Å². The Labute approximate surface area is 232 Å². The minimum Gasteiger partial charge on any atom is -0.445 e. The summed E-state index contributed by atoms with van der Waals surface area (Å²) in [5, 5.41) is 16.1. The molecule has 0 aromatic heterocycles. The zero-order valence-electron chi connectivity index (χ0n) is 23.1. The van der Waals surface area contributed by atoms with Gasteiger partial charge in [0.1, 0.15) is 12.6 Å². The second-order valence-electron chi connectivity index (χ2n) is 10.8. The predicted octanol–water partition coefficient (Wildman–Crippen LogP) is 5.49. The van der Waals surface area contributed by atoms with E-state index in [4.69, 9.17) is 9.26 Å². The molecule has 2 aromatic carbocycles. The van der Waals surface area contributed by atoms with E-state index >= 15 is 0 Å². The zero-order valence-corrected chi connectivity index (χ0v) is 24.0. The number of alkyl carbamates (subject to hydrolysis) is 1. The van der Waals surface area contributed by atoms with Gasteiger partial charge in [0.25, 0.3) is 0 Å². The summed E-state index contributed by atoms with van der Waals surface area (Å²) in [6.07, 6.45) is 4.16. The van der Waals surface area contributed by atoms with Gasteiger partial charge in [0.05, 0.1) is 18.9 Å². The Morgan fingerprint density at radius 2 is 1.54 bits per heavy atom. The normalized spacial score (nSPS) is 17.1. The Hall–Kier alpha value is -2.67. The molecule has 1 saturated carbocycles. The number of rotatable bonds is 14. The lowest BCUT2D eigenvalue weighted by Gasteiger charge is -2.28. The smallest absolute Gasteiger partial charge is 0.408 e. The van der Waals surface area contributed by atoms with E-state index in [-0.39, 0.29) is 31.8 Å². The van der Waals surface area contributed by atoms with Crippen molar-refractivity contribution in [1.29, 1.82) is 0 Å². The third-order valence-electron chi connectivity index (χ3n) is 7.01. The van der Waals surface area contributed by atoms with E-state index in [1.54, 1.807) is 0 Å². The van der Waals surface area contributed by atoms with E-state index in [1.807, 2.05) is 74.5 Å². The third kappa shape index (κ3) is 11.1. The fourth-order valence-electron chi connectivity index (χ4n) is 4.85. The van der Waals surface area contributed by atoms with Crippen molar-refractivity contribution in [2.45, 2.75) is 71.3 Å². The van der Waals surface area contributed by atoms with Crippen LogP contribution >= 0.6 is 7.37 Å². The number of carbonyl (C=O) groups excluding carboxylic acids is 2. The number of hydrogen-bond acceptors (Lipinski definition) is 6. The minimum atomic E-state index is -3.16. The van der Waals surface area contributed by atoms with Crippen molar-refractivity contribution in [3.8, 4) is 0 Å². The van der Waals surface area contributed by atoms with Crippen LogP contribution in [0.1, 0.15) is 57.1 Å². The Bertz CT molecular complexity index is 1060. The lowest BCUT2D eigenvalue weighted by Crippen LogP contribution is -2.51. The van der Waals surface area contributed by atoms with Crippen LogP contribution in [0.3, 0.4) is 0 Å². The molecule has 0 spiro atoms. The summed E-state index contributed by atoms with van der Waals surface area (Å²) < 4.78 is 25.2. The summed E-state index contributed by atoms with van der Waals surface area (Å²) in [7, 11) is -3.16. The Balaban J connectivity index is 1.53. The highest BCUT2D eigenvalue weighted by Crippen LogP contribution is 2.51. The van der Waals surface area contributed by atoms with Crippen molar-refractivity contribution in [3.63, 3.8) is 0 Å². The monoisotopic (exact) mass is 558 g/mol. The molecule has 1 fully saturated rings. The van der Waals surface area contributed by atoms with Gasteiger partial charge in [-0.3, -0.25) is 9.36 Å². The van der Waals surface area contributed by atoms with Gasteiger partial charge in [-0.15, -0.1) is 0 Å². The first-order valence-corrected chi connectivity index (χ1v) is 15.9. The van der Waals surface area contributed by atoms with Gasteiger partial charge in [0.2, 0.25) is 13.3 Å². The van der Waals surface area contributed by atoms with Crippen LogP contribution in [0.4, 0.5) is 4.79 Å². The van der Waals surface area contributed by atoms with Crippen LogP contribution in [0.15, 0.2) is 60.7 Å². The van der Waals surface area contributed by atoms with E-state index in [0.29, 0.717) is 12.1 Å². The molecule has 214 valence electrons. The summed E-state index contributed by atoms with van der Waals surface area (Å²) in [4.78, 5) is 25.2. The van der Waals surface area contributed by atoms with Crippen molar-refractivity contribution in [2.24, 2.45) is 11.8 Å². The van der Waals surface area contributed by atoms with Crippen molar-refractivity contribution in [3.05, 3.63) is 71.8 Å². The molecule has 0 heterocycles. The summed E-state index contributed by atoms with van der Waals surface area (Å²) in [5.41, 5.74) is 1.77. The fraction of sp³-hybridized carbons (Fsp3) is 0.533. The summed E-state index contributed by atoms with van der Waals surface area (Å²) in [6.45, 7) is 3.85. The topological polar surface area (TPSA) is 114 Å². The highest BCUT2D eigenvalue weighted by atomic mass is 31.2. The molecule has 2 amide bonds. The molecule has 3 atom stereocenters. The number of hydrogen-bond donors (Lipinski definition) is 3. The van der Waals surface area contributed by atoms with E-state index in [1.165, 1.54) is 6.42 Å². The number of carbonyl (C=O) groups is 2. The number of nitrogens with one attached hydrogen (secondary N) is 2. The number of aliphatic hydroxyl groups excluding tert-OH is 1. The standard InChI is InChI=1S/C30H43N2O6P/c1-23(2)28(32-30(35)37-19-24-12-6-3-7-13-24)29(34)31-18-27(33)22-39(36,21-26-16-10-5-11-17-26)38-20-25-14-8-4-9-15-25/h3-4,6-9,12-15,23,26-28,33H,5,10-11,16-22H2,1-2H3,(H,31,34)(H,32,35)/t27-,28-,39?/m0/s1. The Morgan fingerprint density at radius 1 is 0.949 bits per heavy atom. The van der Waals surface area contributed by atoms with Gasteiger partial charge >= 0.3 is 6.09 Å². The van der Waals surface area contributed by atoms with E-state index in [9.17, 15) is 19.3 Å². The predicted molar refractivity (Wildman–Crippen MR) is 153 cm³/mol. The van der Waals surface area contributed by atoms with Crippen LogP contribution in [-0.4, -0.2) is 48.1 Å². The van der Waals surface area contributed by atoms with Gasteiger partial charge in [-0.05, 0) is 35.8 Å². The average Bonchev–Trinajstić information content (AvgIpc) is 2.94. The molecule has 1 unspecified atom stereocenters. The maximum absolute atomic E-state index is 13.9. The molecular weight excluding hydrogens is 515 g/mol. The third-order valence-corrected chi connectivity index (χ3v) is 9.66. The molecule has 2 aromatic rings. The maximum atomic E-state index is 13.9. The van der Waals surface area contributed by atoms with Crippen LogP contribution in [0, 0.1) is 11.8 Å². The largest absolute Gasteiger partial charge is 0.445 e.